The predicted molar refractivity (Wildman–Crippen MR) is 117 cm³/mol. The second kappa shape index (κ2) is 8.06. The van der Waals surface area contributed by atoms with Crippen LogP contribution >= 0.6 is 0 Å². The maximum atomic E-state index is 14.0. The largest absolute Gasteiger partial charge is 0.434 e. The van der Waals surface area contributed by atoms with E-state index >= 15 is 0 Å². The number of aromatic amines is 1. The summed E-state index contributed by atoms with van der Waals surface area (Å²) < 4.78 is 42.8. The minimum atomic E-state index is -4.72. The van der Waals surface area contributed by atoms with E-state index in [-0.39, 0.29) is 11.6 Å². The monoisotopic (exact) mass is 453 g/mol. The Hall–Kier alpha value is -3.62. The van der Waals surface area contributed by atoms with E-state index in [0.717, 1.165) is 33.0 Å². The maximum absolute atomic E-state index is 14.0. The number of alkyl halides is 3. The van der Waals surface area contributed by atoms with Crippen LogP contribution in [-0.4, -0.2) is 43.6 Å². The van der Waals surface area contributed by atoms with Crippen molar-refractivity contribution >= 4 is 16.9 Å². The summed E-state index contributed by atoms with van der Waals surface area (Å²) in [6.07, 6.45) is 1.30. The van der Waals surface area contributed by atoms with Crippen molar-refractivity contribution in [3.05, 3.63) is 77.4 Å². The molecule has 33 heavy (non-hydrogen) atoms. The van der Waals surface area contributed by atoms with Crippen molar-refractivity contribution in [1.82, 2.24) is 24.6 Å². The molecule has 1 aliphatic heterocycles. The minimum absolute atomic E-state index is 0.212. The molecule has 0 bridgehead atoms. The van der Waals surface area contributed by atoms with Crippen LogP contribution in [0, 0.1) is 6.92 Å². The molecule has 1 amide bonds. The first-order valence-electron chi connectivity index (χ1n) is 10.8. The van der Waals surface area contributed by atoms with Gasteiger partial charge in [0.05, 0.1) is 17.4 Å². The molecule has 9 heteroatoms. The SMILES string of the molecule is Cc1ccc(-n2ncc(C(=O)N3CCC(c4c[nH]c5ncccc45)CC3)c2C(F)(F)F)cc1. The van der Waals surface area contributed by atoms with Gasteiger partial charge in [0, 0.05) is 30.9 Å². The van der Waals surface area contributed by atoms with Gasteiger partial charge in [0.1, 0.15) is 5.65 Å². The molecule has 1 N–H and O–H groups in total. The summed E-state index contributed by atoms with van der Waals surface area (Å²) in [5.74, 6) is -0.427. The fourth-order valence-corrected chi connectivity index (χ4v) is 4.54. The lowest BCUT2D eigenvalue weighted by atomic mass is 9.89. The van der Waals surface area contributed by atoms with E-state index in [1.165, 1.54) is 4.90 Å². The first kappa shape index (κ1) is 21.2. The number of hydrogen-bond donors (Lipinski definition) is 1. The van der Waals surface area contributed by atoms with Crippen LogP contribution in [0.25, 0.3) is 16.7 Å². The minimum Gasteiger partial charge on any atom is -0.346 e. The average Bonchev–Trinajstić information content (AvgIpc) is 3.44. The molecule has 0 unspecified atom stereocenters. The number of aromatic nitrogens is 4. The summed E-state index contributed by atoms with van der Waals surface area (Å²) in [5.41, 5.74) is 1.67. The highest BCUT2D eigenvalue weighted by Crippen LogP contribution is 2.36. The van der Waals surface area contributed by atoms with Crippen LogP contribution in [0.15, 0.2) is 55.0 Å². The Morgan fingerprint density at radius 1 is 1.12 bits per heavy atom. The molecule has 1 saturated heterocycles. The van der Waals surface area contributed by atoms with Crippen LogP contribution in [0.3, 0.4) is 0 Å². The predicted octanol–water partition coefficient (Wildman–Crippen LogP) is 5.10. The van der Waals surface area contributed by atoms with Crippen LogP contribution < -0.4 is 0 Å². The number of fused-ring (bicyclic) bond motifs is 1. The number of rotatable bonds is 3. The summed E-state index contributed by atoms with van der Waals surface area (Å²) in [6.45, 7) is 2.61. The number of halogens is 3. The zero-order chi connectivity index (χ0) is 23.2. The second-order valence-electron chi connectivity index (χ2n) is 8.36. The number of carbonyl (C=O) groups is 1. The smallest absolute Gasteiger partial charge is 0.346 e. The van der Waals surface area contributed by atoms with Crippen molar-refractivity contribution in [2.75, 3.05) is 13.1 Å². The number of benzene rings is 1. The van der Waals surface area contributed by atoms with Crippen molar-refractivity contribution < 1.29 is 18.0 Å². The number of H-pyrrole nitrogens is 1. The standard InChI is InChI=1S/C24H22F3N5O/c1-15-4-6-17(7-5-15)32-21(24(25,26)27)20(14-30-32)23(33)31-11-8-16(9-12-31)19-13-29-22-18(19)3-2-10-28-22/h2-7,10,13-14,16H,8-9,11-12H2,1H3,(H,28,29). The summed E-state index contributed by atoms with van der Waals surface area (Å²) >= 11 is 0. The van der Waals surface area contributed by atoms with Crippen LogP contribution in [-0.2, 0) is 6.18 Å². The Morgan fingerprint density at radius 2 is 1.85 bits per heavy atom. The van der Waals surface area contributed by atoms with Gasteiger partial charge in [-0.05, 0) is 55.5 Å². The molecule has 1 aromatic carbocycles. The third-order valence-electron chi connectivity index (χ3n) is 6.25. The van der Waals surface area contributed by atoms with E-state index < -0.39 is 23.3 Å². The number of piperidine rings is 1. The molecular formula is C24H22F3N5O. The van der Waals surface area contributed by atoms with Crippen molar-refractivity contribution in [1.29, 1.82) is 0 Å². The zero-order valence-corrected chi connectivity index (χ0v) is 17.9. The van der Waals surface area contributed by atoms with Crippen molar-refractivity contribution in [2.45, 2.75) is 31.9 Å². The molecule has 4 aromatic rings. The highest BCUT2D eigenvalue weighted by molar-refractivity contribution is 5.95. The van der Waals surface area contributed by atoms with Crippen molar-refractivity contribution in [2.24, 2.45) is 0 Å². The molecule has 4 heterocycles. The summed E-state index contributed by atoms with van der Waals surface area (Å²) in [5, 5.41) is 4.97. The van der Waals surface area contributed by atoms with Gasteiger partial charge < -0.3 is 9.88 Å². The molecule has 6 nitrogen and oxygen atoms in total. The molecule has 0 saturated carbocycles. The van der Waals surface area contributed by atoms with E-state index in [0.29, 0.717) is 25.9 Å². The molecule has 3 aromatic heterocycles. The van der Waals surface area contributed by atoms with Gasteiger partial charge in [-0.25, -0.2) is 9.67 Å². The van der Waals surface area contributed by atoms with E-state index in [4.69, 9.17) is 0 Å². The normalized spacial score (nSPS) is 15.3. The van der Waals surface area contributed by atoms with E-state index in [1.54, 1.807) is 30.5 Å². The number of carbonyl (C=O) groups excluding carboxylic acids is 1. The van der Waals surface area contributed by atoms with Crippen molar-refractivity contribution in [3.63, 3.8) is 0 Å². The Kier molecular flexibility index (Phi) is 5.19. The van der Waals surface area contributed by atoms with E-state index in [1.807, 2.05) is 25.3 Å². The average molecular weight is 453 g/mol. The van der Waals surface area contributed by atoms with E-state index in [2.05, 4.69) is 15.1 Å². The lowest BCUT2D eigenvalue weighted by molar-refractivity contribution is -0.143. The third kappa shape index (κ3) is 3.88. The summed E-state index contributed by atoms with van der Waals surface area (Å²) in [7, 11) is 0. The van der Waals surface area contributed by atoms with Gasteiger partial charge in [-0.3, -0.25) is 4.79 Å². The number of aryl methyl sites for hydroxylation is 1. The highest BCUT2D eigenvalue weighted by atomic mass is 19.4. The van der Waals surface area contributed by atoms with Gasteiger partial charge in [-0.15, -0.1) is 0 Å². The van der Waals surface area contributed by atoms with Crippen molar-refractivity contribution in [3.8, 4) is 5.69 Å². The fraction of sp³-hybridized carbons (Fsp3) is 0.292. The number of hydrogen-bond acceptors (Lipinski definition) is 3. The van der Waals surface area contributed by atoms with Gasteiger partial charge in [-0.2, -0.15) is 18.3 Å². The van der Waals surface area contributed by atoms with Crippen LogP contribution in [0.1, 0.15) is 45.9 Å². The van der Waals surface area contributed by atoms with Gasteiger partial charge in [0.15, 0.2) is 5.69 Å². The van der Waals surface area contributed by atoms with Crippen LogP contribution in [0.5, 0.6) is 0 Å². The molecule has 0 aliphatic carbocycles. The Labute approximate surface area is 188 Å². The molecule has 0 atom stereocenters. The molecule has 1 fully saturated rings. The maximum Gasteiger partial charge on any atom is 0.434 e. The number of amides is 1. The van der Waals surface area contributed by atoms with Gasteiger partial charge in [0.25, 0.3) is 5.91 Å². The number of nitrogens with zero attached hydrogens (tertiary/aromatic N) is 4. The molecular weight excluding hydrogens is 431 g/mol. The lowest BCUT2D eigenvalue weighted by Gasteiger charge is -2.32. The molecule has 170 valence electrons. The van der Waals surface area contributed by atoms with Gasteiger partial charge >= 0.3 is 6.18 Å². The number of nitrogens with one attached hydrogen (secondary N) is 1. The topological polar surface area (TPSA) is 66.8 Å². The number of pyridine rings is 1. The Bertz CT molecular complexity index is 1300. The first-order valence-corrected chi connectivity index (χ1v) is 10.8. The zero-order valence-electron chi connectivity index (χ0n) is 17.9. The van der Waals surface area contributed by atoms with Gasteiger partial charge in [-0.1, -0.05) is 17.7 Å². The molecule has 5 rings (SSSR count). The van der Waals surface area contributed by atoms with E-state index in [9.17, 15) is 18.0 Å². The van der Waals surface area contributed by atoms with Crippen LogP contribution in [0.4, 0.5) is 13.2 Å². The third-order valence-corrected chi connectivity index (χ3v) is 6.25. The van der Waals surface area contributed by atoms with Crippen LogP contribution in [0.2, 0.25) is 0 Å². The Morgan fingerprint density at radius 3 is 2.55 bits per heavy atom. The number of likely N-dealkylation sites (tertiary alicyclic amines) is 1. The fourth-order valence-electron chi connectivity index (χ4n) is 4.54. The molecule has 1 aliphatic rings. The summed E-state index contributed by atoms with van der Waals surface area (Å²) in [4.78, 5) is 22.1. The lowest BCUT2D eigenvalue weighted by Crippen LogP contribution is -2.38. The van der Waals surface area contributed by atoms with Gasteiger partial charge in [0.2, 0.25) is 0 Å². The highest BCUT2D eigenvalue weighted by Gasteiger charge is 2.42. The summed E-state index contributed by atoms with van der Waals surface area (Å²) in [6, 6.07) is 10.4. The molecule has 0 spiro atoms. The Balaban J connectivity index is 1.38. The molecule has 0 radical (unpaired) electrons. The second-order valence-corrected chi connectivity index (χ2v) is 8.36. The first-order chi connectivity index (χ1) is 15.8. The quantitative estimate of drug-likeness (QED) is 0.470.